The van der Waals surface area contributed by atoms with Crippen LogP contribution < -0.4 is 0 Å². The monoisotopic (exact) mass is 236 g/mol. The standard InChI is InChI=1S/C15H24O2/c1-6-12(9-10(2)14(16)17)13-8-7-11(3)15(13,4)5/h6-7,10,13H,8-9H2,1-5H3,(H,16,17)/t10-,13?/m1/s1. The smallest absolute Gasteiger partial charge is 0.306 e. The average Bonchev–Trinajstić information content (AvgIpc) is 2.51. The molecule has 0 aromatic heterocycles. The SMILES string of the molecule is CC=C(C[C@@H](C)C(=O)O)C1CC=C(C)C1(C)C. The normalized spacial score (nSPS) is 25.6. The zero-order valence-electron chi connectivity index (χ0n) is 11.6. The van der Waals surface area contributed by atoms with Gasteiger partial charge in [0.25, 0.3) is 0 Å². The Morgan fingerprint density at radius 3 is 2.59 bits per heavy atom. The van der Waals surface area contributed by atoms with Crippen molar-refractivity contribution < 1.29 is 9.90 Å². The van der Waals surface area contributed by atoms with E-state index in [1.165, 1.54) is 11.1 Å². The molecule has 1 aliphatic carbocycles. The van der Waals surface area contributed by atoms with E-state index < -0.39 is 5.97 Å². The lowest BCUT2D eigenvalue weighted by Gasteiger charge is -2.32. The van der Waals surface area contributed by atoms with E-state index in [0.29, 0.717) is 12.3 Å². The van der Waals surface area contributed by atoms with Crippen molar-refractivity contribution in [3.8, 4) is 0 Å². The van der Waals surface area contributed by atoms with Crippen molar-refractivity contribution >= 4 is 5.97 Å². The van der Waals surface area contributed by atoms with Gasteiger partial charge in [-0.3, -0.25) is 4.79 Å². The summed E-state index contributed by atoms with van der Waals surface area (Å²) in [7, 11) is 0. The molecule has 0 heterocycles. The summed E-state index contributed by atoms with van der Waals surface area (Å²) in [5.41, 5.74) is 2.88. The third kappa shape index (κ3) is 2.80. The van der Waals surface area contributed by atoms with Gasteiger partial charge in [0.05, 0.1) is 5.92 Å². The summed E-state index contributed by atoms with van der Waals surface area (Å²) in [6.07, 6.45) is 6.11. The van der Waals surface area contributed by atoms with Gasteiger partial charge >= 0.3 is 5.97 Å². The predicted octanol–water partition coefficient (Wildman–Crippen LogP) is 4.04. The molecule has 0 aromatic rings. The van der Waals surface area contributed by atoms with E-state index in [-0.39, 0.29) is 11.3 Å². The molecule has 2 nitrogen and oxygen atoms in total. The maximum Gasteiger partial charge on any atom is 0.306 e. The minimum Gasteiger partial charge on any atom is -0.481 e. The minimum absolute atomic E-state index is 0.167. The summed E-state index contributed by atoms with van der Waals surface area (Å²) in [5.74, 6) is -0.531. The third-order valence-electron chi connectivity index (χ3n) is 4.33. The van der Waals surface area contributed by atoms with Crippen molar-refractivity contribution in [2.45, 2.75) is 47.5 Å². The number of aliphatic carboxylic acids is 1. The van der Waals surface area contributed by atoms with Crippen LogP contribution in [-0.2, 0) is 4.79 Å². The van der Waals surface area contributed by atoms with Crippen molar-refractivity contribution in [1.82, 2.24) is 0 Å². The fraction of sp³-hybridized carbons (Fsp3) is 0.667. The summed E-state index contributed by atoms with van der Waals surface area (Å²) in [4.78, 5) is 11.0. The highest BCUT2D eigenvalue weighted by Gasteiger charge is 2.37. The third-order valence-corrected chi connectivity index (χ3v) is 4.33. The summed E-state index contributed by atoms with van der Waals surface area (Å²) in [5, 5.41) is 9.01. The van der Waals surface area contributed by atoms with Gasteiger partial charge in [0.15, 0.2) is 0 Å². The van der Waals surface area contributed by atoms with E-state index >= 15 is 0 Å². The summed E-state index contributed by atoms with van der Waals surface area (Å²) in [6.45, 7) is 10.5. The quantitative estimate of drug-likeness (QED) is 0.748. The van der Waals surface area contributed by atoms with Crippen molar-refractivity contribution in [2.24, 2.45) is 17.3 Å². The van der Waals surface area contributed by atoms with Gasteiger partial charge in [-0.05, 0) is 38.0 Å². The van der Waals surface area contributed by atoms with Gasteiger partial charge in [-0.2, -0.15) is 0 Å². The van der Waals surface area contributed by atoms with Gasteiger partial charge in [0, 0.05) is 0 Å². The first-order chi connectivity index (χ1) is 7.80. The van der Waals surface area contributed by atoms with Crippen molar-refractivity contribution in [3.63, 3.8) is 0 Å². The zero-order valence-corrected chi connectivity index (χ0v) is 11.6. The van der Waals surface area contributed by atoms with Crippen LogP contribution in [0.25, 0.3) is 0 Å². The number of allylic oxidation sites excluding steroid dienone is 4. The first-order valence-electron chi connectivity index (χ1n) is 6.35. The van der Waals surface area contributed by atoms with Gasteiger partial charge in [-0.15, -0.1) is 0 Å². The van der Waals surface area contributed by atoms with Crippen molar-refractivity contribution in [1.29, 1.82) is 0 Å². The molecule has 96 valence electrons. The van der Waals surface area contributed by atoms with E-state index in [1.54, 1.807) is 6.92 Å². The second-order valence-electron chi connectivity index (χ2n) is 5.70. The molecule has 0 amide bonds. The topological polar surface area (TPSA) is 37.3 Å². The molecule has 0 saturated heterocycles. The highest BCUT2D eigenvalue weighted by atomic mass is 16.4. The molecule has 0 saturated carbocycles. The Hall–Kier alpha value is -1.05. The van der Waals surface area contributed by atoms with Crippen molar-refractivity contribution in [3.05, 3.63) is 23.3 Å². The molecule has 0 aliphatic heterocycles. The van der Waals surface area contributed by atoms with Crippen LogP contribution in [0, 0.1) is 17.3 Å². The molecular formula is C15H24O2. The molecule has 0 spiro atoms. The van der Waals surface area contributed by atoms with Crippen LogP contribution in [-0.4, -0.2) is 11.1 Å². The van der Waals surface area contributed by atoms with E-state index in [0.717, 1.165) is 6.42 Å². The fourth-order valence-corrected chi connectivity index (χ4v) is 2.64. The van der Waals surface area contributed by atoms with Gasteiger partial charge in [-0.25, -0.2) is 0 Å². The molecule has 1 N–H and O–H groups in total. The average molecular weight is 236 g/mol. The molecule has 2 heteroatoms. The van der Waals surface area contributed by atoms with E-state index in [1.807, 2.05) is 6.92 Å². The van der Waals surface area contributed by atoms with Gasteiger partial charge in [0.2, 0.25) is 0 Å². The second kappa shape index (κ2) is 5.07. The molecule has 1 aliphatic rings. The van der Waals surface area contributed by atoms with Crippen LogP contribution in [0.2, 0.25) is 0 Å². The van der Waals surface area contributed by atoms with Crippen LogP contribution >= 0.6 is 0 Å². The molecule has 0 aromatic carbocycles. The number of rotatable bonds is 4. The van der Waals surface area contributed by atoms with Crippen LogP contribution in [0.1, 0.15) is 47.5 Å². The highest BCUT2D eigenvalue weighted by molar-refractivity contribution is 5.69. The summed E-state index contributed by atoms with van der Waals surface area (Å²) in [6, 6.07) is 0. The summed E-state index contributed by atoms with van der Waals surface area (Å²) >= 11 is 0. The molecular weight excluding hydrogens is 212 g/mol. The molecule has 0 radical (unpaired) electrons. The van der Waals surface area contributed by atoms with Gasteiger partial charge < -0.3 is 5.11 Å². The fourth-order valence-electron chi connectivity index (χ4n) is 2.64. The lowest BCUT2D eigenvalue weighted by atomic mass is 9.72. The van der Waals surface area contributed by atoms with E-state index in [4.69, 9.17) is 5.11 Å². The summed E-state index contributed by atoms with van der Waals surface area (Å²) < 4.78 is 0. The number of carboxylic acid groups (broad SMARTS) is 1. The Balaban J connectivity index is 2.82. The number of carbonyl (C=O) groups is 1. The zero-order chi connectivity index (χ0) is 13.2. The van der Waals surface area contributed by atoms with Crippen LogP contribution in [0.5, 0.6) is 0 Å². The Bertz CT molecular complexity index is 361. The minimum atomic E-state index is -0.704. The molecule has 2 atom stereocenters. The predicted molar refractivity (Wildman–Crippen MR) is 70.8 cm³/mol. The van der Waals surface area contributed by atoms with Crippen LogP contribution in [0.4, 0.5) is 0 Å². The Morgan fingerprint density at radius 2 is 2.24 bits per heavy atom. The van der Waals surface area contributed by atoms with Gasteiger partial charge in [0.1, 0.15) is 0 Å². The first kappa shape index (κ1) is 14.0. The number of hydrogen-bond donors (Lipinski definition) is 1. The second-order valence-corrected chi connectivity index (χ2v) is 5.70. The Kier molecular flexibility index (Phi) is 4.18. The lowest BCUT2D eigenvalue weighted by Crippen LogP contribution is -2.24. The molecule has 1 unspecified atom stereocenters. The van der Waals surface area contributed by atoms with Crippen LogP contribution in [0.3, 0.4) is 0 Å². The van der Waals surface area contributed by atoms with Gasteiger partial charge in [-0.1, -0.05) is 44.1 Å². The molecule has 0 fully saturated rings. The van der Waals surface area contributed by atoms with E-state index in [9.17, 15) is 4.79 Å². The number of carboxylic acids is 1. The maximum atomic E-state index is 11.0. The first-order valence-corrected chi connectivity index (χ1v) is 6.35. The maximum absolute atomic E-state index is 11.0. The molecule has 0 bridgehead atoms. The Morgan fingerprint density at radius 1 is 1.65 bits per heavy atom. The number of hydrogen-bond acceptors (Lipinski definition) is 1. The van der Waals surface area contributed by atoms with Crippen molar-refractivity contribution in [2.75, 3.05) is 0 Å². The molecule has 17 heavy (non-hydrogen) atoms. The molecule has 1 rings (SSSR count). The van der Waals surface area contributed by atoms with Crippen LogP contribution in [0.15, 0.2) is 23.3 Å². The highest BCUT2D eigenvalue weighted by Crippen LogP contribution is 2.47. The lowest BCUT2D eigenvalue weighted by molar-refractivity contribution is -0.141. The largest absolute Gasteiger partial charge is 0.481 e. The van der Waals surface area contributed by atoms with E-state index in [2.05, 4.69) is 32.9 Å². The Labute approximate surface area is 104 Å².